The van der Waals surface area contributed by atoms with Gasteiger partial charge in [-0.15, -0.1) is 0 Å². The third kappa shape index (κ3) is 17.3. The molecule has 0 bridgehead atoms. The van der Waals surface area contributed by atoms with Gasteiger partial charge in [-0.05, 0) is 143 Å². The number of esters is 2. The Morgan fingerprint density at radius 3 is 1.26 bits per heavy atom. The van der Waals surface area contributed by atoms with Crippen molar-refractivity contribution in [1.29, 1.82) is 10.5 Å². The van der Waals surface area contributed by atoms with Crippen molar-refractivity contribution >= 4 is 46.8 Å². The molecule has 0 fully saturated rings. The van der Waals surface area contributed by atoms with Gasteiger partial charge < -0.3 is 38.2 Å². The zero-order valence-electron chi connectivity index (χ0n) is 50.5. The molecule has 0 unspecified atom stereocenters. The molecule has 1 aliphatic carbocycles. The summed E-state index contributed by atoms with van der Waals surface area (Å²) < 4.78 is 35.2. The van der Waals surface area contributed by atoms with Crippen LogP contribution in [-0.4, -0.2) is 87.6 Å². The smallest absolute Gasteiger partial charge is 0.354 e. The molecule has 7 aromatic rings. The van der Waals surface area contributed by atoms with Crippen LogP contribution in [0.2, 0.25) is 0 Å². The molecule has 0 aromatic heterocycles. The predicted molar refractivity (Wildman–Crippen MR) is 341 cm³/mol. The molecule has 8 rings (SSSR count). The quantitative estimate of drug-likeness (QED) is 0.00726. The molecule has 18 nitrogen and oxygen atoms in total. The maximum Gasteiger partial charge on any atom is 0.354 e. The Morgan fingerprint density at radius 1 is 0.506 bits per heavy atom. The lowest BCUT2D eigenvalue weighted by molar-refractivity contribution is -0.385. The van der Waals surface area contributed by atoms with E-state index in [1.54, 1.807) is 0 Å². The second-order valence-corrected chi connectivity index (χ2v) is 22.0. The van der Waals surface area contributed by atoms with E-state index in [1.807, 2.05) is 84.9 Å². The minimum absolute atomic E-state index is 0.0912. The molecule has 0 spiro atoms. The van der Waals surface area contributed by atoms with Crippen molar-refractivity contribution < 1.29 is 47.9 Å². The zero-order valence-corrected chi connectivity index (χ0v) is 50.5. The van der Waals surface area contributed by atoms with Crippen molar-refractivity contribution in [3.8, 4) is 35.1 Å². The number of nitro groups is 2. The van der Waals surface area contributed by atoms with Crippen molar-refractivity contribution in [2.45, 2.75) is 70.6 Å². The number of hydrogen-bond acceptors (Lipinski definition) is 16. The van der Waals surface area contributed by atoms with Crippen LogP contribution in [0.25, 0.3) is 12.2 Å². The molecule has 0 saturated heterocycles. The van der Waals surface area contributed by atoms with Gasteiger partial charge in [-0.1, -0.05) is 113 Å². The first kappa shape index (κ1) is 64.8. The first-order valence-electron chi connectivity index (χ1n) is 29.7. The lowest BCUT2D eigenvalue weighted by Gasteiger charge is -2.34. The number of anilines is 2. The van der Waals surface area contributed by atoms with Gasteiger partial charge in [0.1, 0.15) is 59.5 Å². The first-order chi connectivity index (χ1) is 43.1. The molecule has 0 N–H and O–H groups in total. The fourth-order valence-corrected chi connectivity index (χ4v) is 10.8. The number of fused-ring (bicyclic) bond motifs is 1. The standard InChI is InChI=1S/C71H72N6O12/c1-5-7-37-74(58-21-13-52(14-22-58)47-54(49-72)68(78)88-64-33-25-60(26-34-64)76(80)81)39-41-84-43-45-86-62-29-17-56(18-30-62)71(51-70(3,4)66-11-9-10-12-67(66)71)57-19-31-63(32-20-57)87-46-44-85-42-40-75(38-8-6-2)59-23-15-53(16-24-59)48-55(50-73)69(79)89-65-35-27-61(28-36-65)77(82)83/h9-36,47-48H,5-8,37-46,51H2,1-4H3/b54-47+,55-48+. The van der Waals surface area contributed by atoms with Crippen molar-refractivity contribution in [2.24, 2.45) is 0 Å². The van der Waals surface area contributed by atoms with E-state index in [1.165, 1.54) is 82.9 Å². The number of hydrogen-bond donors (Lipinski definition) is 0. The molecule has 1 aliphatic rings. The predicted octanol–water partition coefficient (Wildman–Crippen LogP) is 13.9. The average Bonchev–Trinajstić information content (AvgIpc) is 1.60. The lowest BCUT2D eigenvalue weighted by Crippen LogP contribution is -2.29. The van der Waals surface area contributed by atoms with Gasteiger partial charge in [0.25, 0.3) is 11.4 Å². The van der Waals surface area contributed by atoms with Gasteiger partial charge in [0.05, 0.1) is 36.3 Å². The molecule has 0 heterocycles. The van der Waals surface area contributed by atoms with Gasteiger partial charge in [-0.3, -0.25) is 20.2 Å². The Bertz CT molecular complexity index is 3460. The molecule has 0 atom stereocenters. The topological polar surface area (TPSA) is 230 Å². The van der Waals surface area contributed by atoms with E-state index in [9.17, 15) is 40.3 Å². The number of nitriles is 2. The summed E-state index contributed by atoms with van der Waals surface area (Å²) in [5, 5.41) is 41.4. The molecule has 0 radical (unpaired) electrons. The molecule has 7 aromatic carbocycles. The molecule has 18 heteroatoms. The second-order valence-electron chi connectivity index (χ2n) is 22.0. The van der Waals surface area contributed by atoms with E-state index in [-0.39, 0.29) is 39.4 Å². The summed E-state index contributed by atoms with van der Waals surface area (Å²) >= 11 is 0. The largest absolute Gasteiger partial charge is 0.491 e. The number of unbranched alkanes of at least 4 members (excludes halogenated alkanes) is 2. The van der Waals surface area contributed by atoms with E-state index >= 15 is 0 Å². The highest BCUT2D eigenvalue weighted by molar-refractivity contribution is 6.00. The van der Waals surface area contributed by atoms with Crippen LogP contribution in [0.5, 0.6) is 23.0 Å². The van der Waals surface area contributed by atoms with Gasteiger partial charge in [0.15, 0.2) is 0 Å². The van der Waals surface area contributed by atoms with Crippen LogP contribution in [0.4, 0.5) is 22.7 Å². The third-order valence-electron chi connectivity index (χ3n) is 15.4. The summed E-state index contributed by atoms with van der Waals surface area (Å²) in [5.41, 5.74) is 6.91. The van der Waals surface area contributed by atoms with E-state index in [2.05, 4.69) is 86.0 Å². The van der Waals surface area contributed by atoms with E-state index in [4.69, 9.17) is 28.4 Å². The van der Waals surface area contributed by atoms with Gasteiger partial charge in [-0.25, -0.2) is 9.59 Å². The van der Waals surface area contributed by atoms with Crippen molar-refractivity contribution in [1.82, 2.24) is 0 Å². The minimum atomic E-state index is -0.864. The number of nitrogens with zero attached hydrogens (tertiary/aromatic N) is 6. The highest BCUT2D eigenvalue weighted by Gasteiger charge is 2.49. The fourth-order valence-electron chi connectivity index (χ4n) is 10.8. The van der Waals surface area contributed by atoms with Crippen LogP contribution in [-0.2, 0) is 29.9 Å². The highest BCUT2D eigenvalue weighted by atomic mass is 16.6. The zero-order chi connectivity index (χ0) is 63.2. The SMILES string of the molecule is CCCCN(CCOCCOc1ccc(C2(c3ccc(OCCOCCN(CCCC)c4ccc(/C=C(\C#N)C(=O)Oc5ccc([N+](=O)[O-])cc5)cc4)cc3)CC(C)(C)c3ccccc32)cc1)c1ccc(/C=C(\C#N)C(=O)Oc2ccc([N+](=O)[O-])cc2)cc1. The van der Waals surface area contributed by atoms with E-state index in [0.717, 1.165) is 68.1 Å². The minimum Gasteiger partial charge on any atom is -0.491 e. The Morgan fingerprint density at radius 2 is 0.888 bits per heavy atom. The Hall–Kier alpha value is -10.1. The number of benzene rings is 7. The summed E-state index contributed by atoms with van der Waals surface area (Å²) in [7, 11) is 0. The van der Waals surface area contributed by atoms with Crippen LogP contribution < -0.4 is 28.7 Å². The number of ether oxygens (including phenoxy) is 6. The van der Waals surface area contributed by atoms with E-state index < -0.39 is 27.2 Å². The fraction of sp³-hybridized carbons (Fsp3) is 0.296. The molecule has 458 valence electrons. The summed E-state index contributed by atoms with van der Waals surface area (Å²) in [4.78, 5) is 50.9. The molecular formula is C71H72N6O12. The third-order valence-corrected chi connectivity index (χ3v) is 15.4. The highest BCUT2D eigenvalue weighted by Crippen LogP contribution is 2.56. The molecule has 0 saturated carbocycles. The first-order valence-corrected chi connectivity index (χ1v) is 29.7. The Balaban J connectivity index is 0.812. The van der Waals surface area contributed by atoms with Crippen LogP contribution in [0.3, 0.4) is 0 Å². The number of non-ortho nitro benzene ring substituents is 2. The normalized spacial score (nSPS) is 13.1. The maximum atomic E-state index is 12.8. The summed E-state index contributed by atoms with van der Waals surface area (Å²) in [6.07, 6.45) is 7.75. The van der Waals surface area contributed by atoms with Crippen LogP contribution in [0, 0.1) is 42.9 Å². The summed E-state index contributed by atoms with van der Waals surface area (Å²) in [6, 6.07) is 54.6. The van der Waals surface area contributed by atoms with Gasteiger partial charge in [0, 0.05) is 67.2 Å². The van der Waals surface area contributed by atoms with Crippen LogP contribution >= 0.6 is 0 Å². The lowest BCUT2D eigenvalue weighted by atomic mass is 9.68. The number of rotatable bonds is 32. The average molecular weight is 1200 g/mol. The monoisotopic (exact) mass is 1200 g/mol. The molecule has 0 amide bonds. The maximum absolute atomic E-state index is 12.8. The van der Waals surface area contributed by atoms with Crippen molar-refractivity contribution in [3.05, 3.63) is 235 Å². The van der Waals surface area contributed by atoms with Crippen molar-refractivity contribution in [3.63, 3.8) is 0 Å². The summed E-state index contributed by atoms with van der Waals surface area (Å²) in [5.74, 6) is -0.0519. The molecule has 0 aliphatic heterocycles. The van der Waals surface area contributed by atoms with E-state index in [0.29, 0.717) is 63.9 Å². The second kappa shape index (κ2) is 31.5. The van der Waals surface area contributed by atoms with Crippen LogP contribution in [0.1, 0.15) is 93.2 Å². The van der Waals surface area contributed by atoms with Crippen LogP contribution in [0.15, 0.2) is 181 Å². The summed E-state index contributed by atoms with van der Waals surface area (Å²) in [6.45, 7) is 14.3. The number of nitro benzene ring substituents is 2. The van der Waals surface area contributed by atoms with Gasteiger partial charge >= 0.3 is 11.9 Å². The Kier molecular flexibility index (Phi) is 22.9. The molecule has 89 heavy (non-hydrogen) atoms. The van der Waals surface area contributed by atoms with Gasteiger partial charge in [-0.2, -0.15) is 10.5 Å². The Labute approximate surface area is 519 Å². The number of carbonyl (C=O) groups is 2. The number of carbonyl (C=O) groups excluding carboxylic acids is 2. The van der Waals surface area contributed by atoms with Crippen molar-refractivity contribution in [2.75, 3.05) is 75.6 Å². The van der Waals surface area contributed by atoms with Gasteiger partial charge in [0.2, 0.25) is 0 Å². The molecular weight excluding hydrogens is 1130 g/mol.